The van der Waals surface area contributed by atoms with Crippen LogP contribution in [0.2, 0.25) is 0 Å². The number of nitrogens with zero attached hydrogens (tertiary/aromatic N) is 1. The van der Waals surface area contributed by atoms with Gasteiger partial charge in [0.1, 0.15) is 0 Å². The molecule has 3 atom stereocenters. The molecule has 1 rings (SSSR count). The zero-order chi connectivity index (χ0) is 9.14. The number of hydrogen-bond acceptors (Lipinski definition) is 4. The minimum absolute atomic E-state index is 0.154. The van der Waals surface area contributed by atoms with Crippen LogP contribution in [0.15, 0.2) is 12.2 Å². The molecule has 0 saturated carbocycles. The van der Waals surface area contributed by atoms with E-state index in [1.807, 2.05) is 0 Å². The van der Waals surface area contributed by atoms with Crippen molar-refractivity contribution in [2.75, 3.05) is 6.61 Å². The topological polar surface area (TPSA) is 89.4 Å². The van der Waals surface area contributed by atoms with Crippen molar-refractivity contribution in [3.05, 3.63) is 22.3 Å². The van der Waals surface area contributed by atoms with Gasteiger partial charge in [0, 0.05) is 11.0 Å². The zero-order valence-electron chi connectivity index (χ0n) is 6.59. The molecule has 0 aromatic heterocycles. The molecule has 0 aromatic rings. The molecule has 1 aliphatic rings. The maximum atomic E-state index is 10.4. The molecule has 0 heterocycles. The zero-order valence-corrected chi connectivity index (χ0v) is 6.59. The van der Waals surface area contributed by atoms with Gasteiger partial charge in [0.05, 0.1) is 12.5 Å². The van der Waals surface area contributed by atoms with Crippen LogP contribution < -0.4 is 5.73 Å². The van der Waals surface area contributed by atoms with E-state index in [1.54, 1.807) is 6.08 Å². The quantitative estimate of drug-likeness (QED) is 0.334. The largest absolute Gasteiger partial charge is 0.396 e. The van der Waals surface area contributed by atoms with E-state index in [4.69, 9.17) is 10.8 Å². The van der Waals surface area contributed by atoms with E-state index < -0.39 is 6.04 Å². The van der Waals surface area contributed by atoms with Crippen LogP contribution >= 0.6 is 0 Å². The molecule has 0 fully saturated rings. The van der Waals surface area contributed by atoms with Crippen LogP contribution in [0.1, 0.15) is 6.42 Å². The summed E-state index contributed by atoms with van der Waals surface area (Å²) in [7, 11) is 0. The second kappa shape index (κ2) is 3.64. The van der Waals surface area contributed by atoms with Crippen LogP contribution in [-0.2, 0) is 0 Å². The summed E-state index contributed by atoms with van der Waals surface area (Å²) >= 11 is 0. The summed E-state index contributed by atoms with van der Waals surface area (Å²) in [5, 5.41) is 19.3. The normalized spacial score (nSPS) is 35.0. The molecule has 3 unspecified atom stereocenters. The van der Waals surface area contributed by atoms with Gasteiger partial charge in [0.2, 0.25) is 6.04 Å². The summed E-state index contributed by atoms with van der Waals surface area (Å²) in [6.07, 6.45) is 3.58. The first kappa shape index (κ1) is 9.15. The highest BCUT2D eigenvalue weighted by molar-refractivity contribution is 5.04. The molecule has 0 aliphatic heterocycles. The molecule has 0 saturated heterocycles. The molecular formula is C7H12N2O3. The Morgan fingerprint density at radius 3 is 2.83 bits per heavy atom. The van der Waals surface area contributed by atoms with Gasteiger partial charge in [-0.05, 0) is 12.5 Å². The van der Waals surface area contributed by atoms with Crippen molar-refractivity contribution in [3.63, 3.8) is 0 Å². The first-order chi connectivity index (χ1) is 5.65. The van der Waals surface area contributed by atoms with E-state index >= 15 is 0 Å². The molecule has 5 nitrogen and oxygen atoms in total. The van der Waals surface area contributed by atoms with Crippen LogP contribution in [0.5, 0.6) is 0 Å². The Hall–Kier alpha value is -0.940. The predicted molar refractivity (Wildman–Crippen MR) is 43.1 cm³/mol. The van der Waals surface area contributed by atoms with Crippen molar-refractivity contribution >= 4 is 0 Å². The highest BCUT2D eigenvalue weighted by Crippen LogP contribution is 2.19. The molecule has 0 bridgehead atoms. The van der Waals surface area contributed by atoms with E-state index in [0.717, 1.165) is 0 Å². The van der Waals surface area contributed by atoms with Gasteiger partial charge in [-0.3, -0.25) is 10.1 Å². The Bertz CT molecular complexity index is 205. The van der Waals surface area contributed by atoms with E-state index in [1.165, 1.54) is 6.08 Å². The average molecular weight is 172 g/mol. The summed E-state index contributed by atoms with van der Waals surface area (Å²) in [5.74, 6) is -0.333. The van der Waals surface area contributed by atoms with E-state index in [9.17, 15) is 10.1 Å². The molecule has 1 aliphatic carbocycles. The lowest BCUT2D eigenvalue weighted by atomic mass is 9.88. The Morgan fingerprint density at radius 1 is 1.67 bits per heavy atom. The fraction of sp³-hybridized carbons (Fsp3) is 0.714. The molecule has 12 heavy (non-hydrogen) atoms. The standard InChI is InChI=1S/C7H12N2O3/c8-6-1-2-7(9(11)12)5(3-6)4-10/h1-2,5-7,10H,3-4,8H2. The van der Waals surface area contributed by atoms with Crippen LogP contribution in [0.3, 0.4) is 0 Å². The van der Waals surface area contributed by atoms with Gasteiger partial charge in [-0.1, -0.05) is 6.08 Å². The van der Waals surface area contributed by atoms with E-state index in [-0.39, 0.29) is 23.5 Å². The third-order valence-electron chi connectivity index (χ3n) is 2.09. The van der Waals surface area contributed by atoms with Crippen LogP contribution in [0.25, 0.3) is 0 Å². The van der Waals surface area contributed by atoms with Crippen LogP contribution in [0, 0.1) is 16.0 Å². The van der Waals surface area contributed by atoms with Crippen molar-refractivity contribution < 1.29 is 10.0 Å². The fourth-order valence-corrected chi connectivity index (χ4v) is 1.41. The molecule has 0 spiro atoms. The van der Waals surface area contributed by atoms with Gasteiger partial charge in [-0.25, -0.2) is 0 Å². The summed E-state index contributed by atoms with van der Waals surface area (Å²) < 4.78 is 0. The minimum atomic E-state index is -0.769. The Kier molecular flexibility index (Phi) is 2.78. The Morgan fingerprint density at radius 2 is 2.33 bits per heavy atom. The molecular weight excluding hydrogens is 160 g/mol. The lowest BCUT2D eigenvalue weighted by molar-refractivity contribution is -0.520. The van der Waals surface area contributed by atoms with Crippen LogP contribution in [-0.4, -0.2) is 28.7 Å². The first-order valence-electron chi connectivity index (χ1n) is 3.83. The van der Waals surface area contributed by atoms with Crippen molar-refractivity contribution in [1.29, 1.82) is 0 Å². The fourth-order valence-electron chi connectivity index (χ4n) is 1.41. The second-order valence-corrected chi connectivity index (χ2v) is 3.00. The van der Waals surface area contributed by atoms with Crippen LogP contribution in [0.4, 0.5) is 0 Å². The van der Waals surface area contributed by atoms with Gasteiger partial charge < -0.3 is 10.8 Å². The second-order valence-electron chi connectivity index (χ2n) is 3.00. The number of nitro groups is 1. The third-order valence-corrected chi connectivity index (χ3v) is 2.09. The molecule has 68 valence electrons. The smallest absolute Gasteiger partial charge is 0.236 e. The van der Waals surface area contributed by atoms with Crippen molar-refractivity contribution in [2.24, 2.45) is 11.7 Å². The summed E-state index contributed by atoms with van der Waals surface area (Å²) in [6.45, 7) is -0.177. The van der Waals surface area contributed by atoms with Crippen molar-refractivity contribution in [1.82, 2.24) is 0 Å². The summed E-state index contributed by atoms with van der Waals surface area (Å²) in [6, 6.07) is -0.923. The number of nitrogens with two attached hydrogens (primary N) is 1. The SMILES string of the molecule is NC1C=CC([N+](=O)[O-])C(CO)C1. The van der Waals surface area contributed by atoms with E-state index in [0.29, 0.717) is 6.42 Å². The summed E-state index contributed by atoms with van der Waals surface area (Å²) in [5.41, 5.74) is 5.54. The average Bonchev–Trinajstić information content (AvgIpc) is 2.03. The monoisotopic (exact) mass is 172 g/mol. The van der Waals surface area contributed by atoms with Crippen molar-refractivity contribution in [2.45, 2.75) is 18.5 Å². The number of aliphatic hydroxyl groups is 1. The lowest BCUT2D eigenvalue weighted by Crippen LogP contribution is -2.38. The van der Waals surface area contributed by atoms with Gasteiger partial charge in [0.25, 0.3) is 0 Å². The van der Waals surface area contributed by atoms with Gasteiger partial charge >= 0.3 is 0 Å². The maximum absolute atomic E-state index is 10.4. The molecule has 5 heteroatoms. The van der Waals surface area contributed by atoms with Gasteiger partial charge in [0.15, 0.2) is 0 Å². The highest BCUT2D eigenvalue weighted by Gasteiger charge is 2.32. The number of hydrogen-bond donors (Lipinski definition) is 2. The maximum Gasteiger partial charge on any atom is 0.236 e. The highest BCUT2D eigenvalue weighted by atomic mass is 16.6. The van der Waals surface area contributed by atoms with Gasteiger partial charge in [-0.2, -0.15) is 0 Å². The van der Waals surface area contributed by atoms with Gasteiger partial charge in [-0.15, -0.1) is 0 Å². The predicted octanol–water partition coefficient (Wildman–Crippen LogP) is -0.473. The Balaban J connectivity index is 2.71. The van der Waals surface area contributed by atoms with Crippen molar-refractivity contribution in [3.8, 4) is 0 Å². The number of rotatable bonds is 2. The molecule has 0 aromatic carbocycles. The molecule has 0 radical (unpaired) electrons. The Labute approximate surface area is 70.0 Å². The third kappa shape index (κ3) is 1.80. The molecule has 3 N–H and O–H groups in total. The summed E-state index contributed by atoms with van der Waals surface area (Å²) in [4.78, 5) is 10.0. The first-order valence-corrected chi connectivity index (χ1v) is 3.83. The number of aliphatic hydroxyl groups excluding tert-OH is 1. The van der Waals surface area contributed by atoms with E-state index in [2.05, 4.69) is 0 Å². The minimum Gasteiger partial charge on any atom is -0.396 e. The molecule has 0 amide bonds. The lowest BCUT2D eigenvalue weighted by Gasteiger charge is -2.22.